The molecule has 1 fully saturated rings. The van der Waals surface area contributed by atoms with Crippen LogP contribution in [0.5, 0.6) is 0 Å². The fraction of sp³-hybridized carbons (Fsp3) is 0.538. The van der Waals surface area contributed by atoms with Crippen molar-refractivity contribution in [3.8, 4) is 0 Å². The highest BCUT2D eigenvalue weighted by Gasteiger charge is 2.33. The SMILES string of the molecule is Cc1cc(C)c(S(=O)(=O)OS2(N)CCCC2)c(C)c1. The molecule has 0 saturated carbocycles. The Kier molecular flexibility index (Phi) is 3.97. The topological polar surface area (TPSA) is 69.4 Å². The molecule has 4 nitrogen and oxygen atoms in total. The van der Waals surface area contributed by atoms with Gasteiger partial charge in [-0.25, -0.2) is 3.63 Å². The number of aryl methyl sites for hydroxylation is 3. The summed E-state index contributed by atoms with van der Waals surface area (Å²) in [6, 6.07) is 3.72. The summed E-state index contributed by atoms with van der Waals surface area (Å²) >= 11 is 0. The van der Waals surface area contributed by atoms with Crippen LogP contribution in [0.4, 0.5) is 0 Å². The fourth-order valence-electron chi connectivity index (χ4n) is 2.64. The molecule has 6 heteroatoms. The molecule has 2 rings (SSSR count). The van der Waals surface area contributed by atoms with Gasteiger partial charge < -0.3 is 0 Å². The lowest BCUT2D eigenvalue weighted by Crippen LogP contribution is -2.21. The van der Waals surface area contributed by atoms with Crippen LogP contribution in [0, 0.1) is 20.8 Å². The minimum Gasteiger partial charge on any atom is -0.273 e. The third-order valence-electron chi connectivity index (χ3n) is 3.31. The molecule has 1 aliphatic rings. The Hall–Kier alpha value is -0.560. The van der Waals surface area contributed by atoms with E-state index in [1.807, 2.05) is 19.1 Å². The molecule has 0 radical (unpaired) electrons. The van der Waals surface area contributed by atoms with Crippen LogP contribution in [0.2, 0.25) is 0 Å². The highest BCUT2D eigenvalue weighted by molar-refractivity contribution is 8.31. The highest BCUT2D eigenvalue weighted by Crippen LogP contribution is 2.50. The summed E-state index contributed by atoms with van der Waals surface area (Å²) in [5, 5.41) is 6.09. The molecule has 0 aromatic heterocycles. The molecular formula is C13H21NO3S2. The smallest absolute Gasteiger partial charge is 0.273 e. The zero-order valence-corrected chi connectivity index (χ0v) is 13.2. The van der Waals surface area contributed by atoms with Gasteiger partial charge in [0.05, 0.1) is 0 Å². The minimum atomic E-state index is -3.77. The second-order valence-corrected chi connectivity index (χ2v) is 9.65. The van der Waals surface area contributed by atoms with Gasteiger partial charge in [-0.05, 0) is 44.7 Å². The van der Waals surface area contributed by atoms with Crippen LogP contribution in [-0.4, -0.2) is 19.9 Å². The Labute approximate surface area is 117 Å². The summed E-state index contributed by atoms with van der Waals surface area (Å²) in [5.41, 5.74) is 2.49. The molecule has 1 heterocycles. The molecule has 0 spiro atoms. The van der Waals surface area contributed by atoms with Gasteiger partial charge >= 0.3 is 10.1 Å². The van der Waals surface area contributed by atoms with Crippen LogP contribution < -0.4 is 5.14 Å². The van der Waals surface area contributed by atoms with E-state index in [1.54, 1.807) is 13.8 Å². The molecule has 0 atom stereocenters. The molecule has 1 aliphatic heterocycles. The van der Waals surface area contributed by atoms with Crippen LogP contribution in [0.1, 0.15) is 29.5 Å². The van der Waals surface area contributed by atoms with Crippen molar-refractivity contribution in [1.29, 1.82) is 0 Å². The lowest BCUT2D eigenvalue weighted by molar-refractivity contribution is 0.509. The average molecular weight is 303 g/mol. The molecule has 108 valence electrons. The summed E-state index contributed by atoms with van der Waals surface area (Å²) in [7, 11) is -5.71. The Morgan fingerprint density at radius 2 is 1.58 bits per heavy atom. The quantitative estimate of drug-likeness (QED) is 0.932. The van der Waals surface area contributed by atoms with Crippen molar-refractivity contribution < 1.29 is 12.0 Å². The molecular weight excluding hydrogens is 282 g/mol. The first-order valence-electron chi connectivity index (χ1n) is 6.34. The standard InChI is InChI=1S/C13H21NO3S2/c1-10-8-11(2)13(12(3)9-10)19(15,16)17-18(14)6-4-5-7-18/h8-9H,4-7,14H2,1-3H3. The van der Waals surface area contributed by atoms with E-state index in [-0.39, 0.29) is 4.90 Å². The molecule has 0 bridgehead atoms. The molecule has 0 aliphatic carbocycles. The van der Waals surface area contributed by atoms with Crippen LogP contribution in [0.3, 0.4) is 0 Å². The van der Waals surface area contributed by atoms with E-state index in [0.29, 0.717) is 11.5 Å². The minimum absolute atomic E-state index is 0.280. The highest BCUT2D eigenvalue weighted by atomic mass is 32.3. The Bertz CT molecular complexity index is 567. The number of nitrogens with two attached hydrogens (primary N) is 1. The maximum absolute atomic E-state index is 12.5. The van der Waals surface area contributed by atoms with Crippen molar-refractivity contribution in [2.45, 2.75) is 38.5 Å². The summed E-state index contributed by atoms with van der Waals surface area (Å²) in [5.74, 6) is 1.35. The number of hydrogen-bond acceptors (Lipinski definition) is 4. The van der Waals surface area contributed by atoms with Gasteiger partial charge in [0, 0.05) is 11.5 Å². The van der Waals surface area contributed by atoms with Crippen molar-refractivity contribution in [2.24, 2.45) is 5.14 Å². The van der Waals surface area contributed by atoms with Gasteiger partial charge in [0.2, 0.25) is 0 Å². The van der Waals surface area contributed by atoms with Gasteiger partial charge in [-0.1, -0.05) is 28.2 Å². The predicted octanol–water partition coefficient (Wildman–Crippen LogP) is 2.70. The maximum atomic E-state index is 12.5. The lowest BCUT2D eigenvalue weighted by atomic mass is 10.1. The Morgan fingerprint density at radius 1 is 1.11 bits per heavy atom. The average Bonchev–Trinajstić information content (AvgIpc) is 2.60. The summed E-state index contributed by atoms with van der Waals surface area (Å²) in [6.45, 7) is 5.54. The van der Waals surface area contributed by atoms with E-state index in [0.717, 1.165) is 29.5 Å². The van der Waals surface area contributed by atoms with Gasteiger partial charge in [-0.3, -0.25) is 5.14 Å². The first kappa shape index (κ1) is 14.8. The van der Waals surface area contributed by atoms with Crippen LogP contribution in [0.15, 0.2) is 17.0 Å². The third-order valence-corrected chi connectivity index (χ3v) is 8.21. The van der Waals surface area contributed by atoms with Crippen molar-refractivity contribution in [3.05, 3.63) is 28.8 Å². The van der Waals surface area contributed by atoms with Gasteiger partial charge in [0.15, 0.2) is 0 Å². The Morgan fingerprint density at radius 3 is 2.05 bits per heavy atom. The van der Waals surface area contributed by atoms with E-state index in [2.05, 4.69) is 0 Å². The van der Waals surface area contributed by atoms with Crippen molar-refractivity contribution >= 4 is 20.6 Å². The first-order chi connectivity index (χ1) is 8.73. The molecule has 19 heavy (non-hydrogen) atoms. The molecule has 1 aromatic rings. The zero-order valence-electron chi connectivity index (χ0n) is 11.6. The van der Waals surface area contributed by atoms with E-state index in [9.17, 15) is 8.42 Å². The second kappa shape index (κ2) is 5.09. The first-order valence-corrected chi connectivity index (χ1v) is 9.71. The van der Waals surface area contributed by atoms with Gasteiger partial charge in [0.1, 0.15) is 4.90 Å². The Balaban J connectivity index is 2.40. The molecule has 0 amide bonds. The van der Waals surface area contributed by atoms with Crippen LogP contribution in [0.25, 0.3) is 0 Å². The van der Waals surface area contributed by atoms with E-state index in [4.69, 9.17) is 8.77 Å². The molecule has 1 saturated heterocycles. The van der Waals surface area contributed by atoms with Gasteiger partial charge in [0.25, 0.3) is 0 Å². The number of hydrogen-bond donors (Lipinski definition) is 1. The van der Waals surface area contributed by atoms with E-state index < -0.39 is 20.6 Å². The van der Waals surface area contributed by atoms with Crippen molar-refractivity contribution in [1.82, 2.24) is 0 Å². The summed E-state index contributed by atoms with van der Waals surface area (Å²) < 4.78 is 30.3. The van der Waals surface area contributed by atoms with E-state index >= 15 is 0 Å². The van der Waals surface area contributed by atoms with Crippen LogP contribution in [-0.2, 0) is 13.7 Å². The largest absolute Gasteiger partial charge is 0.307 e. The molecule has 1 aromatic carbocycles. The monoisotopic (exact) mass is 303 g/mol. The van der Waals surface area contributed by atoms with E-state index in [1.165, 1.54) is 0 Å². The van der Waals surface area contributed by atoms with Crippen molar-refractivity contribution in [3.63, 3.8) is 0 Å². The van der Waals surface area contributed by atoms with Crippen LogP contribution >= 0.6 is 10.5 Å². The predicted molar refractivity (Wildman–Crippen MR) is 79.7 cm³/mol. The zero-order chi connectivity index (χ0) is 14.3. The number of benzene rings is 1. The third kappa shape index (κ3) is 3.13. The normalized spacial score (nSPS) is 20.4. The maximum Gasteiger partial charge on any atom is 0.307 e. The molecule has 2 N–H and O–H groups in total. The lowest BCUT2D eigenvalue weighted by Gasteiger charge is -2.29. The summed E-state index contributed by atoms with van der Waals surface area (Å²) in [4.78, 5) is 0.280. The van der Waals surface area contributed by atoms with Gasteiger partial charge in [-0.15, -0.1) is 0 Å². The molecule has 0 unspecified atom stereocenters. The van der Waals surface area contributed by atoms with Crippen molar-refractivity contribution in [2.75, 3.05) is 11.5 Å². The second-order valence-electron chi connectivity index (χ2n) is 5.23. The summed E-state index contributed by atoms with van der Waals surface area (Å²) in [6.07, 6.45) is 1.90. The number of rotatable bonds is 3. The van der Waals surface area contributed by atoms with Gasteiger partial charge in [-0.2, -0.15) is 8.42 Å². The fourth-order valence-corrected chi connectivity index (χ4v) is 7.38.